The molecule has 0 saturated heterocycles. The first kappa shape index (κ1) is 31.6. The molecular weight excluding hydrogens is 713 g/mol. The highest BCUT2D eigenvalue weighted by molar-refractivity contribution is 6.23. The van der Waals surface area contributed by atoms with Gasteiger partial charge in [0.2, 0.25) is 0 Å². The molecule has 1 atom stereocenters. The molecule has 4 heteroatoms. The highest BCUT2D eigenvalue weighted by Gasteiger charge is 2.25. The standard InChI is InChI=1S/C54H32O4/c1-3-7-31(8-4-1)37-17-23-47-43(29-37)51-49(55-47)25-19-39-41-27-35(15-21-45(41)57-53(39)51)33-11-13-34(14-12-33)36-16-22-46-42(28-36)40-20-26-50-52(54(40)58-46)44-30-38(18-24-48(44)56-50)32-9-5-2-6-10-32/h1-27,29-30,36H,28H2. The van der Waals surface area contributed by atoms with Crippen molar-refractivity contribution >= 4 is 82.9 Å². The quantitative estimate of drug-likeness (QED) is 0.180. The van der Waals surface area contributed by atoms with Gasteiger partial charge in [-0.3, -0.25) is 0 Å². The Hall–Kier alpha value is -7.56. The zero-order chi connectivity index (χ0) is 37.9. The highest BCUT2D eigenvalue weighted by Crippen LogP contribution is 2.44. The minimum atomic E-state index is 0.235. The molecular formula is C54H32O4. The second kappa shape index (κ2) is 12.0. The van der Waals surface area contributed by atoms with E-state index in [1.165, 1.54) is 27.8 Å². The maximum atomic E-state index is 6.64. The van der Waals surface area contributed by atoms with Crippen LogP contribution in [0.3, 0.4) is 0 Å². The van der Waals surface area contributed by atoms with Crippen LogP contribution in [0.4, 0.5) is 0 Å². The van der Waals surface area contributed by atoms with Crippen molar-refractivity contribution in [2.24, 2.45) is 0 Å². The summed E-state index contributed by atoms with van der Waals surface area (Å²) in [7, 11) is 0. The van der Waals surface area contributed by atoms with Gasteiger partial charge in [0.15, 0.2) is 0 Å². The van der Waals surface area contributed by atoms with Crippen molar-refractivity contribution in [2.75, 3.05) is 0 Å². The van der Waals surface area contributed by atoms with Gasteiger partial charge in [-0.15, -0.1) is 0 Å². The normalized spacial score (nSPS) is 14.2. The van der Waals surface area contributed by atoms with E-state index in [1.807, 2.05) is 12.1 Å². The van der Waals surface area contributed by atoms with Gasteiger partial charge in [0, 0.05) is 38.4 Å². The summed E-state index contributed by atoms with van der Waals surface area (Å²) in [6.07, 6.45) is 5.30. The molecule has 1 aliphatic rings. The topological polar surface area (TPSA) is 52.6 Å². The van der Waals surface area contributed by atoms with E-state index >= 15 is 0 Å². The van der Waals surface area contributed by atoms with E-state index in [4.69, 9.17) is 17.7 Å². The summed E-state index contributed by atoms with van der Waals surface area (Å²) < 4.78 is 25.9. The molecule has 272 valence electrons. The Bertz CT molecular complexity index is 3630. The van der Waals surface area contributed by atoms with Crippen LogP contribution in [-0.2, 0) is 6.42 Å². The van der Waals surface area contributed by atoms with Crippen molar-refractivity contribution in [3.05, 3.63) is 187 Å². The molecule has 4 heterocycles. The molecule has 0 bridgehead atoms. The van der Waals surface area contributed by atoms with Gasteiger partial charge in [0.1, 0.15) is 44.8 Å². The van der Waals surface area contributed by atoms with E-state index in [0.717, 1.165) is 106 Å². The molecule has 0 N–H and O–H groups in total. The van der Waals surface area contributed by atoms with Crippen LogP contribution in [0.2, 0.25) is 0 Å². The summed E-state index contributed by atoms with van der Waals surface area (Å²) in [5, 5.41) is 7.52. The molecule has 0 amide bonds. The fourth-order valence-corrected chi connectivity index (χ4v) is 9.37. The lowest BCUT2D eigenvalue weighted by molar-refractivity contribution is 0.594. The molecule has 8 aromatic carbocycles. The number of hydrogen-bond donors (Lipinski definition) is 0. The molecule has 0 radical (unpaired) electrons. The minimum absolute atomic E-state index is 0.235. The first-order valence-corrected chi connectivity index (χ1v) is 19.8. The lowest BCUT2D eigenvalue weighted by Gasteiger charge is -2.17. The van der Waals surface area contributed by atoms with E-state index in [1.54, 1.807) is 0 Å². The fraction of sp³-hybridized carbons (Fsp3) is 0.0370. The number of fused-ring (bicyclic) bond motifs is 14. The molecule has 4 nitrogen and oxygen atoms in total. The van der Waals surface area contributed by atoms with Crippen LogP contribution in [0.25, 0.3) is 116 Å². The van der Waals surface area contributed by atoms with Crippen LogP contribution in [-0.4, -0.2) is 0 Å². The summed E-state index contributed by atoms with van der Waals surface area (Å²) in [5.41, 5.74) is 15.5. The van der Waals surface area contributed by atoms with Crippen molar-refractivity contribution in [1.29, 1.82) is 0 Å². The third-order valence-electron chi connectivity index (χ3n) is 12.3. The van der Waals surface area contributed by atoms with E-state index in [-0.39, 0.29) is 5.92 Å². The monoisotopic (exact) mass is 744 g/mol. The third-order valence-corrected chi connectivity index (χ3v) is 12.3. The average molecular weight is 745 g/mol. The number of hydrogen-bond acceptors (Lipinski definition) is 4. The number of rotatable bonds is 4. The highest BCUT2D eigenvalue weighted by atomic mass is 16.4. The number of allylic oxidation sites excluding steroid dienone is 1. The van der Waals surface area contributed by atoms with Crippen LogP contribution in [0.5, 0.6) is 0 Å². The van der Waals surface area contributed by atoms with Gasteiger partial charge >= 0.3 is 0 Å². The Morgan fingerprint density at radius 2 is 0.845 bits per heavy atom. The predicted molar refractivity (Wildman–Crippen MR) is 236 cm³/mol. The molecule has 1 unspecified atom stereocenters. The zero-order valence-corrected chi connectivity index (χ0v) is 31.2. The van der Waals surface area contributed by atoms with Crippen LogP contribution >= 0.6 is 0 Å². The van der Waals surface area contributed by atoms with Crippen molar-refractivity contribution in [1.82, 2.24) is 0 Å². The van der Waals surface area contributed by atoms with Gasteiger partial charge in [-0.2, -0.15) is 0 Å². The van der Waals surface area contributed by atoms with E-state index in [2.05, 4.69) is 164 Å². The molecule has 0 spiro atoms. The second-order valence-electron chi connectivity index (χ2n) is 15.5. The van der Waals surface area contributed by atoms with Gasteiger partial charge in [0.05, 0.1) is 10.8 Å². The summed E-state index contributed by atoms with van der Waals surface area (Å²) >= 11 is 0. The van der Waals surface area contributed by atoms with Crippen molar-refractivity contribution in [3.8, 4) is 33.4 Å². The van der Waals surface area contributed by atoms with Gasteiger partial charge < -0.3 is 17.7 Å². The summed E-state index contributed by atoms with van der Waals surface area (Å²) in [6, 6.07) is 57.8. The van der Waals surface area contributed by atoms with Gasteiger partial charge in [-0.1, -0.05) is 109 Å². The van der Waals surface area contributed by atoms with E-state index in [9.17, 15) is 0 Å². The lowest BCUT2D eigenvalue weighted by Crippen LogP contribution is -2.04. The van der Waals surface area contributed by atoms with Crippen molar-refractivity contribution < 1.29 is 17.7 Å². The SMILES string of the molecule is C1=CC(c2ccc(-c3ccc4oc5c(ccc6oc7ccc(-c8ccccc8)cc7c65)c4c3)cc2)Cc2c1oc1c2ccc2oc3ccc(-c4ccccc4)cc3c21. The molecule has 12 aromatic rings. The smallest absolute Gasteiger partial charge is 0.147 e. The Kier molecular flexibility index (Phi) is 6.53. The number of furan rings is 4. The Balaban J connectivity index is 0.831. The van der Waals surface area contributed by atoms with Crippen LogP contribution in [0.15, 0.2) is 188 Å². The van der Waals surface area contributed by atoms with Crippen molar-refractivity contribution in [3.63, 3.8) is 0 Å². The molecule has 13 rings (SSSR count). The number of benzene rings is 8. The van der Waals surface area contributed by atoms with Crippen LogP contribution in [0.1, 0.15) is 22.8 Å². The molecule has 0 saturated carbocycles. The first-order chi connectivity index (χ1) is 28.7. The Labute approximate surface area is 331 Å². The molecule has 58 heavy (non-hydrogen) atoms. The van der Waals surface area contributed by atoms with Crippen molar-refractivity contribution in [2.45, 2.75) is 12.3 Å². The molecule has 0 aliphatic heterocycles. The summed E-state index contributed by atoms with van der Waals surface area (Å²) in [6.45, 7) is 0. The zero-order valence-electron chi connectivity index (χ0n) is 31.2. The van der Waals surface area contributed by atoms with E-state index < -0.39 is 0 Å². The Morgan fingerprint density at radius 3 is 1.45 bits per heavy atom. The largest absolute Gasteiger partial charge is 0.456 e. The van der Waals surface area contributed by atoms with Gasteiger partial charge in [-0.05, 0) is 112 Å². The summed E-state index contributed by atoms with van der Waals surface area (Å²) in [4.78, 5) is 0. The molecule has 1 aliphatic carbocycles. The predicted octanol–water partition coefficient (Wildman–Crippen LogP) is 15.5. The minimum Gasteiger partial charge on any atom is -0.456 e. The molecule has 0 fully saturated rings. The first-order valence-electron chi connectivity index (χ1n) is 19.8. The lowest BCUT2D eigenvalue weighted by atomic mass is 9.86. The second-order valence-corrected chi connectivity index (χ2v) is 15.5. The fourth-order valence-electron chi connectivity index (χ4n) is 9.37. The van der Waals surface area contributed by atoms with Gasteiger partial charge in [-0.25, -0.2) is 0 Å². The maximum Gasteiger partial charge on any atom is 0.147 e. The third kappa shape index (κ3) is 4.69. The summed E-state index contributed by atoms with van der Waals surface area (Å²) in [5.74, 6) is 1.17. The van der Waals surface area contributed by atoms with Gasteiger partial charge in [0.25, 0.3) is 0 Å². The maximum absolute atomic E-state index is 6.64. The van der Waals surface area contributed by atoms with E-state index in [0.29, 0.717) is 0 Å². The van der Waals surface area contributed by atoms with Crippen LogP contribution < -0.4 is 0 Å². The average Bonchev–Trinajstić information content (AvgIpc) is 4.05. The molecule has 4 aromatic heterocycles. The van der Waals surface area contributed by atoms with Crippen LogP contribution in [0, 0.1) is 0 Å². The Morgan fingerprint density at radius 1 is 0.362 bits per heavy atom.